The summed E-state index contributed by atoms with van der Waals surface area (Å²) in [7, 11) is 0. The average molecular weight is 297 g/mol. The van der Waals surface area contributed by atoms with Crippen molar-refractivity contribution in [1.29, 1.82) is 0 Å². The number of carbonyl (C=O) groups is 2. The van der Waals surface area contributed by atoms with Crippen molar-refractivity contribution in [3.05, 3.63) is 34.9 Å². The summed E-state index contributed by atoms with van der Waals surface area (Å²) in [5, 5.41) is 6.30. The standard InChI is InChI=1S/C15H21ClN2O2/c1-12(19)17-10-4-2-3-5-15(20)18-11-13-6-8-14(16)9-7-13/h6-9H,2-5,10-11H2,1H3,(H,17,19)(H,18,20). The molecule has 0 spiro atoms. The van der Waals surface area contributed by atoms with E-state index in [1.807, 2.05) is 24.3 Å². The fourth-order valence-corrected chi connectivity index (χ4v) is 1.87. The topological polar surface area (TPSA) is 58.2 Å². The van der Waals surface area contributed by atoms with Gasteiger partial charge in [0.1, 0.15) is 0 Å². The van der Waals surface area contributed by atoms with Gasteiger partial charge in [-0.3, -0.25) is 9.59 Å². The molecule has 0 aliphatic heterocycles. The monoisotopic (exact) mass is 296 g/mol. The molecular weight excluding hydrogens is 276 g/mol. The van der Waals surface area contributed by atoms with Gasteiger partial charge in [-0.15, -0.1) is 0 Å². The van der Waals surface area contributed by atoms with E-state index in [1.54, 1.807) is 0 Å². The van der Waals surface area contributed by atoms with E-state index in [9.17, 15) is 9.59 Å². The van der Waals surface area contributed by atoms with Crippen LogP contribution in [0.25, 0.3) is 0 Å². The normalized spacial score (nSPS) is 10.1. The van der Waals surface area contributed by atoms with Gasteiger partial charge < -0.3 is 10.6 Å². The molecule has 4 nitrogen and oxygen atoms in total. The van der Waals surface area contributed by atoms with Crippen molar-refractivity contribution in [2.24, 2.45) is 0 Å². The second-order valence-electron chi connectivity index (χ2n) is 4.70. The lowest BCUT2D eigenvalue weighted by Crippen LogP contribution is -2.23. The Morgan fingerprint density at radius 3 is 2.40 bits per heavy atom. The first-order valence-corrected chi connectivity index (χ1v) is 7.21. The summed E-state index contributed by atoms with van der Waals surface area (Å²) >= 11 is 5.79. The number of benzene rings is 1. The maximum atomic E-state index is 11.6. The van der Waals surface area contributed by atoms with Crippen LogP contribution in [0.1, 0.15) is 38.2 Å². The predicted octanol–water partition coefficient (Wildman–Crippen LogP) is 2.65. The second-order valence-corrected chi connectivity index (χ2v) is 5.13. The van der Waals surface area contributed by atoms with Crippen LogP contribution in [0.2, 0.25) is 5.02 Å². The lowest BCUT2D eigenvalue weighted by atomic mass is 10.1. The summed E-state index contributed by atoms with van der Waals surface area (Å²) in [4.78, 5) is 22.3. The molecule has 0 saturated heterocycles. The fraction of sp³-hybridized carbons (Fsp3) is 0.467. The summed E-state index contributed by atoms with van der Waals surface area (Å²) < 4.78 is 0. The molecule has 1 aromatic carbocycles. The molecule has 20 heavy (non-hydrogen) atoms. The van der Waals surface area contributed by atoms with E-state index in [-0.39, 0.29) is 11.8 Å². The summed E-state index contributed by atoms with van der Waals surface area (Å²) in [5.74, 6) is 0.0465. The molecule has 0 atom stereocenters. The molecule has 0 aliphatic rings. The molecule has 0 radical (unpaired) electrons. The van der Waals surface area contributed by atoms with Crippen molar-refractivity contribution in [2.75, 3.05) is 6.54 Å². The lowest BCUT2D eigenvalue weighted by molar-refractivity contribution is -0.121. The highest BCUT2D eigenvalue weighted by atomic mass is 35.5. The summed E-state index contributed by atoms with van der Waals surface area (Å²) in [6, 6.07) is 7.42. The molecule has 110 valence electrons. The minimum absolute atomic E-state index is 0.00860. The Kier molecular flexibility index (Phi) is 7.73. The largest absolute Gasteiger partial charge is 0.356 e. The highest BCUT2D eigenvalue weighted by Gasteiger charge is 2.01. The van der Waals surface area contributed by atoms with Gasteiger partial charge in [0.25, 0.3) is 0 Å². The Hall–Kier alpha value is -1.55. The van der Waals surface area contributed by atoms with Gasteiger partial charge in [-0.2, -0.15) is 0 Å². The van der Waals surface area contributed by atoms with Crippen LogP contribution in [0.4, 0.5) is 0 Å². The van der Waals surface area contributed by atoms with Gasteiger partial charge in [-0.05, 0) is 30.5 Å². The van der Waals surface area contributed by atoms with Crippen LogP contribution in [0.5, 0.6) is 0 Å². The van der Waals surface area contributed by atoms with Crippen molar-refractivity contribution >= 4 is 23.4 Å². The molecule has 0 saturated carbocycles. The third kappa shape index (κ3) is 7.79. The van der Waals surface area contributed by atoms with E-state index < -0.39 is 0 Å². The Balaban J connectivity index is 2.06. The van der Waals surface area contributed by atoms with E-state index in [4.69, 9.17) is 11.6 Å². The second kappa shape index (κ2) is 9.37. The Labute approximate surface area is 124 Å². The molecule has 0 unspecified atom stereocenters. The molecule has 1 aromatic rings. The molecule has 0 aliphatic carbocycles. The van der Waals surface area contributed by atoms with Crippen molar-refractivity contribution in [3.63, 3.8) is 0 Å². The van der Waals surface area contributed by atoms with Crippen molar-refractivity contribution in [2.45, 2.75) is 39.2 Å². The fourth-order valence-electron chi connectivity index (χ4n) is 1.74. The van der Waals surface area contributed by atoms with Crippen LogP contribution in [0, 0.1) is 0 Å². The summed E-state index contributed by atoms with van der Waals surface area (Å²) in [5.41, 5.74) is 1.04. The Bertz CT molecular complexity index is 432. The third-order valence-corrected chi connectivity index (χ3v) is 3.11. The van der Waals surface area contributed by atoms with Gasteiger partial charge >= 0.3 is 0 Å². The van der Waals surface area contributed by atoms with Crippen LogP contribution in [0.15, 0.2) is 24.3 Å². The molecule has 5 heteroatoms. The van der Waals surface area contributed by atoms with Gasteiger partial charge in [-0.1, -0.05) is 30.2 Å². The molecule has 1 rings (SSSR count). The Morgan fingerprint density at radius 1 is 1.05 bits per heavy atom. The first kappa shape index (κ1) is 16.5. The minimum Gasteiger partial charge on any atom is -0.356 e. The smallest absolute Gasteiger partial charge is 0.220 e. The van der Waals surface area contributed by atoms with Crippen LogP contribution in [-0.4, -0.2) is 18.4 Å². The van der Waals surface area contributed by atoms with Crippen molar-refractivity contribution in [3.8, 4) is 0 Å². The van der Waals surface area contributed by atoms with Gasteiger partial charge in [0.15, 0.2) is 0 Å². The number of nitrogens with one attached hydrogen (secondary N) is 2. The van der Waals surface area contributed by atoms with E-state index in [0.29, 0.717) is 24.5 Å². The van der Waals surface area contributed by atoms with Crippen LogP contribution in [-0.2, 0) is 16.1 Å². The molecular formula is C15H21ClN2O2. The molecule has 0 bridgehead atoms. The van der Waals surface area contributed by atoms with E-state index in [0.717, 1.165) is 24.8 Å². The highest BCUT2D eigenvalue weighted by molar-refractivity contribution is 6.30. The molecule has 0 aromatic heterocycles. The molecule has 2 N–H and O–H groups in total. The first-order chi connectivity index (χ1) is 9.58. The molecule has 0 heterocycles. The summed E-state index contributed by atoms with van der Waals surface area (Å²) in [6.45, 7) is 2.72. The number of hydrogen-bond acceptors (Lipinski definition) is 2. The first-order valence-electron chi connectivity index (χ1n) is 6.83. The molecule has 0 fully saturated rings. The zero-order valence-corrected chi connectivity index (χ0v) is 12.5. The van der Waals surface area contributed by atoms with E-state index in [1.165, 1.54) is 6.92 Å². The van der Waals surface area contributed by atoms with Crippen LogP contribution >= 0.6 is 11.6 Å². The summed E-state index contributed by atoms with van der Waals surface area (Å²) in [6.07, 6.45) is 3.21. The number of halogens is 1. The lowest BCUT2D eigenvalue weighted by Gasteiger charge is -2.06. The number of unbranched alkanes of at least 4 members (excludes halogenated alkanes) is 2. The third-order valence-electron chi connectivity index (χ3n) is 2.86. The number of rotatable bonds is 8. The average Bonchev–Trinajstić information content (AvgIpc) is 2.41. The maximum absolute atomic E-state index is 11.6. The van der Waals surface area contributed by atoms with Gasteiger partial charge in [0, 0.05) is 31.5 Å². The predicted molar refractivity (Wildman–Crippen MR) is 80.5 cm³/mol. The Morgan fingerprint density at radius 2 is 1.75 bits per heavy atom. The quantitative estimate of drug-likeness (QED) is 0.725. The van der Waals surface area contributed by atoms with Crippen LogP contribution < -0.4 is 10.6 Å². The van der Waals surface area contributed by atoms with Gasteiger partial charge in [0.05, 0.1) is 0 Å². The van der Waals surface area contributed by atoms with Crippen LogP contribution in [0.3, 0.4) is 0 Å². The van der Waals surface area contributed by atoms with Crippen molar-refractivity contribution in [1.82, 2.24) is 10.6 Å². The maximum Gasteiger partial charge on any atom is 0.220 e. The SMILES string of the molecule is CC(=O)NCCCCCC(=O)NCc1ccc(Cl)cc1. The number of hydrogen-bond donors (Lipinski definition) is 2. The van der Waals surface area contributed by atoms with Gasteiger partial charge in [-0.25, -0.2) is 0 Å². The highest BCUT2D eigenvalue weighted by Crippen LogP contribution is 2.09. The zero-order chi connectivity index (χ0) is 14.8. The van der Waals surface area contributed by atoms with E-state index in [2.05, 4.69) is 10.6 Å². The van der Waals surface area contributed by atoms with E-state index >= 15 is 0 Å². The number of carbonyl (C=O) groups excluding carboxylic acids is 2. The zero-order valence-electron chi connectivity index (χ0n) is 11.7. The van der Waals surface area contributed by atoms with Gasteiger partial charge in [0.2, 0.25) is 11.8 Å². The molecule has 2 amide bonds. The van der Waals surface area contributed by atoms with Crippen molar-refractivity contribution < 1.29 is 9.59 Å². The number of amides is 2. The minimum atomic E-state index is -0.00860.